The molecule has 1 heterocycles. The zero-order valence-electron chi connectivity index (χ0n) is 13.6. The monoisotopic (exact) mass is 297 g/mol. The van der Waals surface area contributed by atoms with Crippen molar-refractivity contribution in [2.75, 3.05) is 0 Å². The number of rotatable bonds is 6. The molecule has 2 heteroatoms. The summed E-state index contributed by atoms with van der Waals surface area (Å²) in [6, 6.07) is 10.7. The third-order valence-electron chi connectivity index (χ3n) is 6.26. The molecule has 0 saturated heterocycles. The van der Waals surface area contributed by atoms with Gasteiger partial charge in [-0.3, -0.25) is 0 Å². The summed E-state index contributed by atoms with van der Waals surface area (Å²) in [4.78, 5) is 6.23. The standard InChI is InChI=1S/C20H27NO/c1-2-3-4-8-13-20-17-12-11-16(14-17)18(20)19(21-22-20)15-9-6-5-7-10-15/h5-7,9-10,16-18H,2-4,8,11-14H2,1H3/t16-,17+,18-,20-/m1/s1. The molecule has 2 nitrogen and oxygen atoms in total. The number of nitrogens with zero attached hydrogens (tertiary/aromatic N) is 1. The third kappa shape index (κ3) is 2.11. The van der Waals surface area contributed by atoms with Crippen molar-refractivity contribution in [3.63, 3.8) is 0 Å². The lowest BCUT2D eigenvalue weighted by Crippen LogP contribution is -2.44. The Balaban J connectivity index is 1.57. The molecule has 0 unspecified atom stereocenters. The molecule has 2 fully saturated rings. The summed E-state index contributed by atoms with van der Waals surface area (Å²) in [7, 11) is 0. The van der Waals surface area contributed by atoms with Crippen LogP contribution in [-0.2, 0) is 4.84 Å². The van der Waals surface area contributed by atoms with Crippen LogP contribution >= 0.6 is 0 Å². The van der Waals surface area contributed by atoms with Gasteiger partial charge in [-0.25, -0.2) is 0 Å². The van der Waals surface area contributed by atoms with E-state index in [9.17, 15) is 0 Å². The molecule has 2 aliphatic carbocycles. The lowest BCUT2D eigenvalue weighted by atomic mass is 9.70. The minimum atomic E-state index is 0.0435. The zero-order chi connectivity index (χ0) is 15.0. The number of hydrogen-bond acceptors (Lipinski definition) is 2. The van der Waals surface area contributed by atoms with Crippen molar-refractivity contribution in [2.45, 2.75) is 63.9 Å². The van der Waals surface area contributed by atoms with Gasteiger partial charge in [0.1, 0.15) is 5.60 Å². The van der Waals surface area contributed by atoms with Crippen LogP contribution < -0.4 is 0 Å². The second kappa shape index (κ2) is 5.72. The van der Waals surface area contributed by atoms with Crippen molar-refractivity contribution >= 4 is 5.71 Å². The maximum absolute atomic E-state index is 6.23. The number of benzene rings is 1. The predicted molar refractivity (Wildman–Crippen MR) is 89.9 cm³/mol. The van der Waals surface area contributed by atoms with Gasteiger partial charge in [-0.2, -0.15) is 0 Å². The molecule has 1 aromatic carbocycles. The van der Waals surface area contributed by atoms with Crippen molar-refractivity contribution in [1.82, 2.24) is 0 Å². The Kier molecular flexibility index (Phi) is 3.71. The maximum atomic E-state index is 6.23. The van der Waals surface area contributed by atoms with Gasteiger partial charge >= 0.3 is 0 Å². The first-order valence-electron chi connectivity index (χ1n) is 9.16. The van der Waals surface area contributed by atoms with Crippen molar-refractivity contribution in [1.29, 1.82) is 0 Å². The summed E-state index contributed by atoms with van der Waals surface area (Å²) in [5.74, 6) is 2.10. The second-order valence-electron chi connectivity index (χ2n) is 7.45. The minimum absolute atomic E-state index is 0.0435. The van der Waals surface area contributed by atoms with Gasteiger partial charge in [0.05, 0.1) is 11.6 Å². The van der Waals surface area contributed by atoms with Gasteiger partial charge in [-0.15, -0.1) is 0 Å². The van der Waals surface area contributed by atoms with Crippen molar-refractivity contribution < 1.29 is 4.84 Å². The van der Waals surface area contributed by atoms with E-state index in [-0.39, 0.29) is 5.60 Å². The summed E-state index contributed by atoms with van der Waals surface area (Å²) in [5, 5.41) is 4.62. The highest BCUT2D eigenvalue weighted by Gasteiger charge is 2.64. The van der Waals surface area contributed by atoms with E-state index in [1.54, 1.807) is 0 Å². The van der Waals surface area contributed by atoms with Gasteiger partial charge in [0, 0.05) is 5.92 Å². The molecule has 118 valence electrons. The van der Waals surface area contributed by atoms with Crippen molar-refractivity contribution in [3.05, 3.63) is 35.9 Å². The summed E-state index contributed by atoms with van der Waals surface area (Å²) < 4.78 is 0. The fourth-order valence-corrected chi connectivity index (χ4v) is 5.27. The SMILES string of the molecule is CCCCCC[C@]12ON=C(c3ccccc3)[C@H]1[C@@H]1CC[C@H]2C1. The van der Waals surface area contributed by atoms with Crippen LogP contribution in [0.4, 0.5) is 0 Å². The summed E-state index contributed by atoms with van der Waals surface area (Å²) in [6.45, 7) is 2.28. The Bertz CT molecular complexity index is 552. The highest BCUT2D eigenvalue weighted by molar-refractivity contribution is 6.04. The summed E-state index contributed by atoms with van der Waals surface area (Å²) >= 11 is 0. The fraction of sp³-hybridized carbons (Fsp3) is 0.650. The van der Waals surface area contributed by atoms with Gasteiger partial charge in [0.25, 0.3) is 0 Å². The van der Waals surface area contributed by atoms with Crippen LogP contribution in [-0.4, -0.2) is 11.3 Å². The van der Waals surface area contributed by atoms with E-state index >= 15 is 0 Å². The first-order valence-corrected chi connectivity index (χ1v) is 9.16. The Morgan fingerprint density at radius 2 is 2.00 bits per heavy atom. The smallest absolute Gasteiger partial charge is 0.149 e. The molecular weight excluding hydrogens is 270 g/mol. The van der Waals surface area contributed by atoms with E-state index in [2.05, 4.69) is 42.4 Å². The average Bonchev–Trinajstić information content (AvgIpc) is 3.24. The molecule has 0 amide bonds. The fourth-order valence-electron chi connectivity index (χ4n) is 5.27. The van der Waals surface area contributed by atoms with E-state index in [0.29, 0.717) is 5.92 Å². The maximum Gasteiger partial charge on any atom is 0.149 e. The lowest BCUT2D eigenvalue weighted by Gasteiger charge is -2.37. The van der Waals surface area contributed by atoms with Gasteiger partial charge in [0.15, 0.2) is 0 Å². The number of oxime groups is 1. The number of fused-ring (bicyclic) bond motifs is 5. The molecule has 0 aromatic heterocycles. The largest absolute Gasteiger partial charge is 0.388 e. The topological polar surface area (TPSA) is 21.6 Å². The molecule has 1 aliphatic heterocycles. The highest BCUT2D eigenvalue weighted by atomic mass is 16.7. The first kappa shape index (κ1) is 14.3. The van der Waals surface area contributed by atoms with Crippen LogP contribution in [0.15, 0.2) is 35.5 Å². The molecule has 0 N–H and O–H groups in total. The Morgan fingerprint density at radius 3 is 2.82 bits per heavy atom. The lowest BCUT2D eigenvalue weighted by molar-refractivity contribution is -0.0858. The van der Waals surface area contributed by atoms with Gasteiger partial charge < -0.3 is 4.84 Å². The molecule has 2 saturated carbocycles. The number of hydrogen-bond donors (Lipinski definition) is 0. The second-order valence-corrected chi connectivity index (χ2v) is 7.45. The van der Waals surface area contributed by atoms with E-state index in [1.807, 2.05) is 0 Å². The molecule has 3 aliphatic rings. The van der Waals surface area contributed by atoms with Crippen LogP contribution in [0.1, 0.15) is 63.9 Å². The Hall–Kier alpha value is -1.31. The molecular formula is C20H27NO. The average molecular weight is 297 g/mol. The van der Waals surface area contributed by atoms with E-state index in [1.165, 1.54) is 62.6 Å². The van der Waals surface area contributed by atoms with E-state index in [0.717, 1.165) is 11.8 Å². The predicted octanol–water partition coefficient (Wildman–Crippen LogP) is 5.18. The Labute approximate surface area is 133 Å². The van der Waals surface area contributed by atoms with Crippen LogP contribution in [0.5, 0.6) is 0 Å². The van der Waals surface area contributed by atoms with Crippen LogP contribution in [0.25, 0.3) is 0 Å². The molecule has 4 atom stereocenters. The van der Waals surface area contributed by atoms with Crippen molar-refractivity contribution in [3.8, 4) is 0 Å². The molecule has 0 radical (unpaired) electrons. The van der Waals surface area contributed by atoms with Gasteiger partial charge in [0.2, 0.25) is 0 Å². The highest BCUT2D eigenvalue weighted by Crippen LogP contribution is 2.61. The molecule has 4 rings (SSSR count). The zero-order valence-corrected chi connectivity index (χ0v) is 13.6. The quantitative estimate of drug-likeness (QED) is 0.663. The van der Waals surface area contributed by atoms with E-state index in [4.69, 9.17) is 4.84 Å². The first-order chi connectivity index (χ1) is 10.8. The molecule has 0 spiro atoms. The molecule has 22 heavy (non-hydrogen) atoms. The molecule has 1 aromatic rings. The van der Waals surface area contributed by atoms with Crippen LogP contribution in [0, 0.1) is 17.8 Å². The third-order valence-corrected chi connectivity index (χ3v) is 6.26. The van der Waals surface area contributed by atoms with Gasteiger partial charge in [-0.1, -0.05) is 61.7 Å². The Morgan fingerprint density at radius 1 is 1.14 bits per heavy atom. The normalized spacial score (nSPS) is 35.3. The van der Waals surface area contributed by atoms with E-state index < -0.39 is 0 Å². The summed E-state index contributed by atoms with van der Waals surface area (Å²) in [6.07, 6.45) is 10.6. The van der Waals surface area contributed by atoms with Crippen LogP contribution in [0.2, 0.25) is 0 Å². The van der Waals surface area contributed by atoms with Crippen molar-refractivity contribution in [2.24, 2.45) is 22.9 Å². The summed E-state index contributed by atoms with van der Waals surface area (Å²) in [5.41, 5.74) is 2.56. The minimum Gasteiger partial charge on any atom is -0.388 e. The molecule has 2 bridgehead atoms. The van der Waals surface area contributed by atoms with Crippen LogP contribution in [0.3, 0.4) is 0 Å². The van der Waals surface area contributed by atoms with Gasteiger partial charge in [-0.05, 0) is 43.6 Å². The number of unbranched alkanes of at least 4 members (excludes halogenated alkanes) is 3.